The van der Waals surface area contributed by atoms with Gasteiger partial charge in [0.05, 0.1) is 49.1 Å². The normalized spacial score (nSPS) is 17.5. The van der Waals surface area contributed by atoms with E-state index >= 15 is 0 Å². The zero-order valence-corrected chi connectivity index (χ0v) is 34.8. The number of carbonyl (C=O) groups excluding carboxylic acids is 4. The minimum Gasteiger partial charge on any atom is -0.492 e. The highest BCUT2D eigenvalue weighted by Gasteiger charge is 2.49. The number of hydrogen-bond donors (Lipinski definition) is 5. The molecule has 60 heavy (non-hydrogen) atoms. The molecule has 8 rings (SSSR count). The Labute approximate surface area is 348 Å². The predicted molar refractivity (Wildman–Crippen MR) is 225 cm³/mol. The van der Waals surface area contributed by atoms with Crippen LogP contribution in [0.3, 0.4) is 0 Å². The number of alkyl carbamates (subject to hydrolysis) is 2. The summed E-state index contributed by atoms with van der Waals surface area (Å²) in [6.07, 6.45) is 2.47. The monoisotopic (exact) mass is 816 g/mol. The van der Waals surface area contributed by atoms with Gasteiger partial charge < -0.3 is 45.0 Å². The van der Waals surface area contributed by atoms with Crippen molar-refractivity contribution in [3.8, 4) is 39.3 Å². The van der Waals surface area contributed by atoms with Crippen LogP contribution in [0.4, 0.5) is 9.59 Å². The number of imidazole rings is 2. The second-order valence-electron chi connectivity index (χ2n) is 16.6. The van der Waals surface area contributed by atoms with Crippen LogP contribution >= 0.6 is 0 Å². The Morgan fingerprint density at radius 2 is 1.45 bits per heavy atom. The topological polar surface area (TPSA) is 193 Å². The number of aromatic amines is 2. The standard InChI is InChI=1S/C45H52N8O7/c1-24(2)36(50-43(56)58-5)40(54)52-45(18-19-45)42-47-31-16-14-28(22-33(31)48-42)26-9-11-27(12-10-26)29-13-15-30-35(23-29)60-21-17-32-38(30)49-39(46-32)34-8-7-20-53(34)41(55)37(25(3)4)51-44(57)59-6/h9-16,22-25,34,36-37H,7-8,17-21H2,1-6H3,(H,46,49)(H,47,48)(H,50,56)(H,51,57)(H,52,54). The highest BCUT2D eigenvalue weighted by atomic mass is 16.5. The largest absolute Gasteiger partial charge is 0.492 e. The zero-order chi connectivity index (χ0) is 42.3. The lowest BCUT2D eigenvalue weighted by Gasteiger charge is -2.30. The maximum atomic E-state index is 13.7. The summed E-state index contributed by atoms with van der Waals surface area (Å²) in [5, 5.41) is 8.50. The molecule has 2 fully saturated rings. The van der Waals surface area contributed by atoms with Crippen molar-refractivity contribution in [1.29, 1.82) is 0 Å². The molecule has 15 heteroatoms. The molecule has 4 amide bonds. The summed E-state index contributed by atoms with van der Waals surface area (Å²) in [5.41, 5.74) is 7.87. The molecule has 5 N–H and O–H groups in total. The van der Waals surface area contributed by atoms with Gasteiger partial charge >= 0.3 is 12.2 Å². The number of likely N-dealkylation sites (tertiary alicyclic amines) is 1. The number of H-pyrrole nitrogens is 2. The minimum absolute atomic E-state index is 0.117. The van der Waals surface area contributed by atoms with Gasteiger partial charge in [-0.15, -0.1) is 0 Å². The van der Waals surface area contributed by atoms with Gasteiger partial charge in [0.15, 0.2) is 0 Å². The first-order valence-electron chi connectivity index (χ1n) is 20.7. The van der Waals surface area contributed by atoms with Crippen molar-refractivity contribution < 1.29 is 33.4 Å². The van der Waals surface area contributed by atoms with E-state index in [0.29, 0.717) is 25.4 Å². The minimum atomic E-state index is -0.735. The summed E-state index contributed by atoms with van der Waals surface area (Å²) in [7, 11) is 2.57. The first-order valence-corrected chi connectivity index (χ1v) is 20.7. The van der Waals surface area contributed by atoms with E-state index < -0.39 is 29.8 Å². The van der Waals surface area contributed by atoms with Gasteiger partial charge in [0.25, 0.3) is 0 Å². The molecule has 2 aliphatic heterocycles. The maximum Gasteiger partial charge on any atom is 0.407 e. The third-order valence-corrected chi connectivity index (χ3v) is 11.9. The molecular formula is C45H52N8O7. The first kappa shape index (κ1) is 40.4. The van der Waals surface area contributed by atoms with Crippen molar-refractivity contribution in [3.63, 3.8) is 0 Å². The molecule has 1 aliphatic carbocycles. The molecule has 0 radical (unpaired) electrons. The van der Waals surface area contributed by atoms with E-state index in [0.717, 1.165) is 87.5 Å². The SMILES string of the molecule is COC(=O)NC(C(=O)NC1(c2nc3ccc(-c4ccc(-c5ccc6c(c5)OCCc5[nH]c(C7CCCN7C(=O)C(NC(=O)OC)C(C)C)nc5-6)cc4)cc3[nH]2)CC1)C(C)C. The number of rotatable bonds is 11. The molecule has 4 heterocycles. The summed E-state index contributed by atoms with van der Waals surface area (Å²) in [6, 6.07) is 19.0. The molecule has 3 unspecified atom stereocenters. The summed E-state index contributed by atoms with van der Waals surface area (Å²) in [6.45, 7) is 8.62. The Kier molecular flexibility index (Phi) is 11.0. The zero-order valence-electron chi connectivity index (χ0n) is 34.8. The number of nitrogens with one attached hydrogen (secondary N) is 5. The second kappa shape index (κ2) is 16.3. The van der Waals surface area contributed by atoms with Crippen molar-refractivity contribution in [1.82, 2.24) is 40.8 Å². The molecule has 5 aromatic rings. The molecule has 3 atom stereocenters. The van der Waals surface area contributed by atoms with E-state index in [1.165, 1.54) is 14.2 Å². The van der Waals surface area contributed by atoms with E-state index in [4.69, 9.17) is 24.2 Å². The number of amides is 4. The van der Waals surface area contributed by atoms with Gasteiger partial charge in [0.2, 0.25) is 11.8 Å². The fourth-order valence-corrected chi connectivity index (χ4v) is 8.32. The second-order valence-corrected chi connectivity index (χ2v) is 16.6. The van der Waals surface area contributed by atoms with Gasteiger partial charge in [-0.25, -0.2) is 19.6 Å². The quantitative estimate of drug-likeness (QED) is 0.0959. The molecule has 0 bridgehead atoms. The number of hydrogen-bond acceptors (Lipinski definition) is 9. The number of methoxy groups -OCH3 is 2. The molecule has 3 aliphatic rings. The first-order chi connectivity index (χ1) is 28.9. The Balaban J connectivity index is 0.978. The van der Waals surface area contributed by atoms with Crippen LogP contribution in [-0.4, -0.2) is 88.3 Å². The molecule has 1 saturated heterocycles. The van der Waals surface area contributed by atoms with Crippen LogP contribution in [0.15, 0.2) is 60.7 Å². The highest BCUT2D eigenvalue weighted by molar-refractivity contribution is 5.88. The molecule has 1 saturated carbocycles. The number of aromatic nitrogens is 4. The van der Waals surface area contributed by atoms with Crippen molar-refractivity contribution in [2.24, 2.45) is 11.8 Å². The average molecular weight is 817 g/mol. The van der Waals surface area contributed by atoms with Crippen LogP contribution in [0.2, 0.25) is 0 Å². The molecule has 15 nitrogen and oxygen atoms in total. The third kappa shape index (κ3) is 7.87. The number of fused-ring (bicyclic) bond motifs is 4. The summed E-state index contributed by atoms with van der Waals surface area (Å²) < 4.78 is 15.8. The third-order valence-electron chi connectivity index (χ3n) is 11.9. The predicted octanol–water partition coefficient (Wildman–Crippen LogP) is 6.75. The maximum absolute atomic E-state index is 13.7. The molecule has 3 aromatic carbocycles. The lowest BCUT2D eigenvalue weighted by atomic mass is 9.98. The van der Waals surface area contributed by atoms with Gasteiger partial charge in [0, 0.05) is 24.2 Å². The van der Waals surface area contributed by atoms with Crippen LogP contribution in [-0.2, 0) is 31.0 Å². The van der Waals surface area contributed by atoms with Crippen LogP contribution in [0, 0.1) is 11.8 Å². The van der Waals surface area contributed by atoms with Crippen LogP contribution in [0.1, 0.15) is 76.8 Å². The lowest BCUT2D eigenvalue weighted by molar-refractivity contribution is -0.135. The number of carbonyl (C=O) groups is 4. The van der Waals surface area contributed by atoms with E-state index in [2.05, 4.69) is 74.4 Å². The van der Waals surface area contributed by atoms with Crippen molar-refractivity contribution in [2.75, 3.05) is 27.4 Å². The van der Waals surface area contributed by atoms with Crippen molar-refractivity contribution >= 4 is 35.0 Å². The molecular weight excluding hydrogens is 765 g/mol. The Bertz CT molecular complexity index is 2430. The Morgan fingerprint density at radius 3 is 2.10 bits per heavy atom. The van der Waals surface area contributed by atoms with Crippen molar-refractivity contribution in [3.05, 3.63) is 78.0 Å². The smallest absolute Gasteiger partial charge is 0.407 e. The van der Waals surface area contributed by atoms with Gasteiger partial charge in [-0.2, -0.15) is 0 Å². The summed E-state index contributed by atoms with van der Waals surface area (Å²) in [5.74, 6) is 1.52. The van der Waals surface area contributed by atoms with Gasteiger partial charge in [-0.3, -0.25) is 9.59 Å². The summed E-state index contributed by atoms with van der Waals surface area (Å²) in [4.78, 5) is 69.7. The number of ether oxygens (including phenoxy) is 3. The number of nitrogens with zero attached hydrogens (tertiary/aromatic N) is 3. The fraction of sp³-hybridized carbons (Fsp3) is 0.422. The van der Waals surface area contributed by atoms with E-state index in [9.17, 15) is 19.2 Å². The number of benzene rings is 3. The molecule has 2 aromatic heterocycles. The van der Waals surface area contributed by atoms with Gasteiger partial charge in [-0.1, -0.05) is 64.1 Å². The highest BCUT2D eigenvalue weighted by Crippen LogP contribution is 2.45. The van der Waals surface area contributed by atoms with Crippen LogP contribution in [0.5, 0.6) is 5.75 Å². The molecule has 314 valence electrons. The lowest BCUT2D eigenvalue weighted by Crippen LogP contribution is -2.52. The average Bonchev–Trinajstić information content (AvgIpc) is 3.53. The molecule has 0 spiro atoms. The van der Waals surface area contributed by atoms with E-state index in [1.807, 2.05) is 44.7 Å². The van der Waals surface area contributed by atoms with Gasteiger partial charge in [0.1, 0.15) is 29.5 Å². The van der Waals surface area contributed by atoms with Crippen LogP contribution in [0.25, 0.3) is 44.5 Å². The Hall–Kier alpha value is -6.38. The van der Waals surface area contributed by atoms with Gasteiger partial charge in [-0.05, 0) is 84.0 Å². The van der Waals surface area contributed by atoms with Crippen LogP contribution < -0.4 is 20.7 Å². The van der Waals surface area contributed by atoms with E-state index in [-0.39, 0.29) is 29.7 Å². The van der Waals surface area contributed by atoms with E-state index in [1.54, 1.807) is 0 Å². The Morgan fingerprint density at radius 1 is 0.817 bits per heavy atom. The fourth-order valence-electron chi connectivity index (χ4n) is 8.32. The summed E-state index contributed by atoms with van der Waals surface area (Å²) >= 11 is 0. The van der Waals surface area contributed by atoms with Crippen molar-refractivity contribution in [2.45, 2.75) is 83.5 Å².